The number of hydrogen-bond acceptors (Lipinski definition) is 2. The quantitative estimate of drug-likeness (QED) is 0.762. The van der Waals surface area contributed by atoms with Gasteiger partial charge in [-0.25, -0.2) is 4.39 Å². The van der Waals surface area contributed by atoms with Gasteiger partial charge >= 0.3 is 0 Å². The number of nitrogens with zero attached hydrogens (tertiary/aromatic N) is 1. The second-order valence-electron chi connectivity index (χ2n) is 5.22. The Hall–Kier alpha value is -2.05. The molecule has 0 saturated heterocycles. The van der Waals surface area contributed by atoms with Gasteiger partial charge in [-0.3, -0.25) is 0 Å². The minimum Gasteiger partial charge on any atom is -0.493 e. The van der Waals surface area contributed by atoms with Gasteiger partial charge < -0.3 is 4.74 Å². The van der Waals surface area contributed by atoms with Gasteiger partial charge in [0.25, 0.3) is 0 Å². The van der Waals surface area contributed by atoms with Crippen LogP contribution in [-0.2, 0) is 0 Å². The van der Waals surface area contributed by atoms with Crippen LogP contribution in [0.15, 0.2) is 36.4 Å². The molecular weight excluding hydrogens is 301 g/mol. The Morgan fingerprint density at radius 3 is 2.68 bits per heavy atom. The summed E-state index contributed by atoms with van der Waals surface area (Å²) in [4.78, 5) is 0. The fourth-order valence-electron chi connectivity index (χ4n) is 2.37. The van der Waals surface area contributed by atoms with E-state index in [1.807, 2.05) is 32.0 Å². The smallest absolute Gasteiger partial charge is 0.129 e. The molecule has 0 aliphatic carbocycles. The molecule has 0 aliphatic rings. The molecule has 0 N–H and O–H groups in total. The Morgan fingerprint density at radius 1 is 1.27 bits per heavy atom. The predicted octanol–water partition coefficient (Wildman–Crippen LogP) is 5.17. The highest BCUT2D eigenvalue weighted by atomic mass is 35.5. The maximum atomic E-state index is 13.9. The molecule has 4 heteroatoms. The summed E-state index contributed by atoms with van der Waals surface area (Å²) < 4.78 is 19.6. The fourth-order valence-corrected chi connectivity index (χ4v) is 2.66. The van der Waals surface area contributed by atoms with Gasteiger partial charge in [-0.15, -0.1) is 0 Å². The lowest BCUT2D eigenvalue weighted by Crippen LogP contribution is -2.07. The van der Waals surface area contributed by atoms with Crippen molar-refractivity contribution in [1.29, 1.82) is 5.26 Å². The lowest BCUT2D eigenvalue weighted by molar-refractivity contribution is 0.303. The summed E-state index contributed by atoms with van der Waals surface area (Å²) in [5.74, 6) is -0.299. The number of halogens is 2. The zero-order valence-electron chi connectivity index (χ0n) is 12.6. The van der Waals surface area contributed by atoms with Gasteiger partial charge in [-0.05, 0) is 37.6 Å². The van der Waals surface area contributed by atoms with Gasteiger partial charge in [0.1, 0.15) is 11.6 Å². The Morgan fingerprint density at radius 2 is 2.05 bits per heavy atom. The number of rotatable bonds is 5. The molecule has 0 saturated carbocycles. The summed E-state index contributed by atoms with van der Waals surface area (Å²) in [6, 6.07) is 12.5. The monoisotopic (exact) mass is 317 g/mol. The van der Waals surface area contributed by atoms with E-state index < -0.39 is 11.7 Å². The molecule has 0 spiro atoms. The Kier molecular flexibility index (Phi) is 5.41. The van der Waals surface area contributed by atoms with Crippen molar-refractivity contribution >= 4 is 11.6 Å². The zero-order chi connectivity index (χ0) is 16.1. The number of aryl methyl sites for hydroxylation is 2. The molecule has 2 rings (SSSR count). The number of nitriles is 1. The molecule has 1 unspecified atom stereocenters. The van der Waals surface area contributed by atoms with Crippen LogP contribution in [0.1, 0.15) is 29.0 Å². The Labute approximate surface area is 135 Å². The SMILES string of the molecule is Cc1ccc(OCCC(C#N)c2c(F)cccc2Cl)c(C)c1. The van der Waals surface area contributed by atoms with Crippen molar-refractivity contribution in [2.24, 2.45) is 0 Å². The third kappa shape index (κ3) is 3.78. The minimum atomic E-state index is -0.626. The molecule has 2 aromatic carbocycles. The van der Waals surface area contributed by atoms with Crippen molar-refractivity contribution < 1.29 is 9.13 Å². The van der Waals surface area contributed by atoms with Crippen molar-refractivity contribution in [1.82, 2.24) is 0 Å². The Bertz CT molecular complexity index is 688. The lowest BCUT2D eigenvalue weighted by atomic mass is 9.97. The van der Waals surface area contributed by atoms with E-state index in [1.54, 1.807) is 6.07 Å². The van der Waals surface area contributed by atoms with Crippen LogP contribution in [0.3, 0.4) is 0 Å². The zero-order valence-corrected chi connectivity index (χ0v) is 13.3. The summed E-state index contributed by atoms with van der Waals surface area (Å²) in [7, 11) is 0. The van der Waals surface area contributed by atoms with Crippen LogP contribution in [0.25, 0.3) is 0 Å². The number of benzene rings is 2. The highest BCUT2D eigenvalue weighted by Gasteiger charge is 2.18. The molecule has 0 heterocycles. The van der Waals surface area contributed by atoms with Crippen molar-refractivity contribution in [2.75, 3.05) is 6.61 Å². The maximum Gasteiger partial charge on any atom is 0.129 e. The molecule has 22 heavy (non-hydrogen) atoms. The first-order valence-electron chi connectivity index (χ1n) is 7.06. The van der Waals surface area contributed by atoms with E-state index in [-0.39, 0.29) is 10.6 Å². The summed E-state index contributed by atoms with van der Waals surface area (Å²) in [5, 5.41) is 9.56. The lowest BCUT2D eigenvalue weighted by Gasteiger charge is -2.14. The molecule has 114 valence electrons. The summed E-state index contributed by atoms with van der Waals surface area (Å²) in [5.41, 5.74) is 2.45. The van der Waals surface area contributed by atoms with E-state index >= 15 is 0 Å². The summed E-state index contributed by atoms with van der Waals surface area (Å²) in [6.07, 6.45) is 0.379. The highest BCUT2D eigenvalue weighted by molar-refractivity contribution is 6.31. The third-order valence-corrected chi connectivity index (χ3v) is 3.83. The van der Waals surface area contributed by atoms with Gasteiger partial charge in [0, 0.05) is 17.0 Å². The van der Waals surface area contributed by atoms with Crippen molar-refractivity contribution in [3.05, 3.63) is 63.9 Å². The van der Waals surface area contributed by atoms with Crippen LogP contribution in [0.2, 0.25) is 5.02 Å². The molecule has 0 amide bonds. The van der Waals surface area contributed by atoms with E-state index in [4.69, 9.17) is 16.3 Å². The molecule has 2 aromatic rings. The largest absolute Gasteiger partial charge is 0.493 e. The first-order valence-corrected chi connectivity index (χ1v) is 7.44. The van der Waals surface area contributed by atoms with Crippen LogP contribution in [-0.4, -0.2) is 6.61 Å². The Balaban J connectivity index is 2.05. The molecule has 1 atom stereocenters. The van der Waals surface area contributed by atoms with E-state index in [1.165, 1.54) is 12.1 Å². The highest BCUT2D eigenvalue weighted by Crippen LogP contribution is 2.29. The molecular formula is C18H17ClFNO. The van der Waals surface area contributed by atoms with Crippen LogP contribution in [0.5, 0.6) is 5.75 Å². The molecule has 0 fully saturated rings. The van der Waals surface area contributed by atoms with E-state index in [0.717, 1.165) is 16.9 Å². The maximum absolute atomic E-state index is 13.9. The van der Waals surface area contributed by atoms with Crippen LogP contribution in [0, 0.1) is 31.0 Å². The van der Waals surface area contributed by atoms with Gasteiger partial charge in [0.05, 0.1) is 18.6 Å². The second-order valence-corrected chi connectivity index (χ2v) is 5.63. The van der Waals surface area contributed by atoms with Gasteiger partial charge in [-0.1, -0.05) is 35.4 Å². The van der Waals surface area contributed by atoms with E-state index in [2.05, 4.69) is 6.07 Å². The average Bonchev–Trinajstić information content (AvgIpc) is 2.47. The van der Waals surface area contributed by atoms with Crippen molar-refractivity contribution in [3.63, 3.8) is 0 Å². The normalized spacial score (nSPS) is 11.8. The van der Waals surface area contributed by atoms with Crippen molar-refractivity contribution in [3.8, 4) is 11.8 Å². The van der Waals surface area contributed by atoms with Gasteiger partial charge in [-0.2, -0.15) is 5.26 Å². The van der Waals surface area contributed by atoms with Crippen LogP contribution in [0.4, 0.5) is 4.39 Å². The minimum absolute atomic E-state index is 0.246. The van der Waals surface area contributed by atoms with E-state index in [9.17, 15) is 9.65 Å². The fraction of sp³-hybridized carbons (Fsp3) is 0.278. The molecule has 0 aromatic heterocycles. The molecule has 2 nitrogen and oxygen atoms in total. The van der Waals surface area contributed by atoms with Gasteiger partial charge in [0.15, 0.2) is 0 Å². The molecule has 0 aliphatic heterocycles. The topological polar surface area (TPSA) is 33.0 Å². The van der Waals surface area contributed by atoms with Crippen LogP contribution < -0.4 is 4.74 Å². The predicted molar refractivity (Wildman–Crippen MR) is 85.8 cm³/mol. The molecule has 0 radical (unpaired) electrons. The molecule has 0 bridgehead atoms. The van der Waals surface area contributed by atoms with Gasteiger partial charge in [0.2, 0.25) is 0 Å². The third-order valence-electron chi connectivity index (χ3n) is 3.50. The first-order chi connectivity index (χ1) is 10.5. The average molecular weight is 318 g/mol. The summed E-state index contributed by atoms with van der Waals surface area (Å²) in [6.45, 7) is 4.31. The van der Waals surface area contributed by atoms with Crippen LogP contribution >= 0.6 is 11.6 Å². The number of hydrogen-bond donors (Lipinski definition) is 0. The van der Waals surface area contributed by atoms with E-state index in [0.29, 0.717) is 13.0 Å². The van der Waals surface area contributed by atoms with Crippen molar-refractivity contribution in [2.45, 2.75) is 26.2 Å². The second kappa shape index (κ2) is 7.29. The standard InChI is InChI=1S/C18H17ClFNO/c1-12-6-7-17(13(2)10-12)22-9-8-14(11-21)18-15(19)4-3-5-16(18)20/h3-7,10,14H,8-9H2,1-2H3. The summed E-state index contributed by atoms with van der Waals surface area (Å²) >= 11 is 6.01. The first kappa shape index (κ1) is 16.3. The number of ether oxygens (including phenoxy) is 1.